The van der Waals surface area contributed by atoms with Crippen LogP contribution in [0, 0.1) is 0 Å². The number of ether oxygens (including phenoxy) is 3. The van der Waals surface area contributed by atoms with Crippen LogP contribution in [-0.4, -0.2) is 33.0 Å². The fourth-order valence-corrected chi connectivity index (χ4v) is 1.89. The lowest BCUT2D eigenvalue weighted by Gasteiger charge is -2.14. The Hall–Kier alpha value is -1.26. The van der Waals surface area contributed by atoms with Crippen LogP contribution in [0.4, 0.5) is 0 Å². The van der Waals surface area contributed by atoms with Crippen molar-refractivity contribution in [1.82, 2.24) is 5.32 Å². The Labute approximate surface area is 108 Å². The Morgan fingerprint density at radius 2 is 2.17 bits per heavy atom. The SMILES string of the molecule is COC(C)CNCc1cccc2c1OCCCO2. The van der Waals surface area contributed by atoms with Crippen molar-refractivity contribution in [2.24, 2.45) is 0 Å². The van der Waals surface area contributed by atoms with E-state index >= 15 is 0 Å². The molecule has 0 bridgehead atoms. The van der Waals surface area contributed by atoms with Crippen LogP contribution in [0.25, 0.3) is 0 Å². The normalized spacial score (nSPS) is 16.1. The fraction of sp³-hybridized carbons (Fsp3) is 0.571. The van der Waals surface area contributed by atoms with Crippen LogP contribution < -0.4 is 14.8 Å². The molecule has 100 valence electrons. The average molecular weight is 251 g/mol. The van der Waals surface area contributed by atoms with Crippen molar-refractivity contribution in [1.29, 1.82) is 0 Å². The highest BCUT2D eigenvalue weighted by atomic mass is 16.5. The number of fused-ring (bicyclic) bond motifs is 1. The first kappa shape index (κ1) is 13.2. The molecule has 0 amide bonds. The van der Waals surface area contributed by atoms with Gasteiger partial charge in [0.05, 0.1) is 19.3 Å². The summed E-state index contributed by atoms with van der Waals surface area (Å²) in [5.41, 5.74) is 1.14. The molecule has 0 fully saturated rings. The van der Waals surface area contributed by atoms with Crippen molar-refractivity contribution in [3.8, 4) is 11.5 Å². The fourth-order valence-electron chi connectivity index (χ4n) is 1.89. The van der Waals surface area contributed by atoms with Crippen molar-refractivity contribution < 1.29 is 14.2 Å². The summed E-state index contributed by atoms with van der Waals surface area (Å²) in [6, 6.07) is 6.03. The number of para-hydroxylation sites is 1. The lowest BCUT2D eigenvalue weighted by atomic mass is 10.2. The Bertz CT molecular complexity index is 381. The van der Waals surface area contributed by atoms with Gasteiger partial charge in [-0.3, -0.25) is 0 Å². The van der Waals surface area contributed by atoms with Gasteiger partial charge in [-0.25, -0.2) is 0 Å². The van der Waals surface area contributed by atoms with Gasteiger partial charge in [0.2, 0.25) is 0 Å². The summed E-state index contributed by atoms with van der Waals surface area (Å²) in [5, 5.41) is 3.36. The molecule has 0 aromatic heterocycles. The third kappa shape index (κ3) is 3.37. The van der Waals surface area contributed by atoms with Gasteiger partial charge in [0.15, 0.2) is 11.5 Å². The topological polar surface area (TPSA) is 39.7 Å². The number of nitrogens with one attached hydrogen (secondary N) is 1. The molecular formula is C14H21NO3. The third-order valence-electron chi connectivity index (χ3n) is 3.00. The molecule has 18 heavy (non-hydrogen) atoms. The summed E-state index contributed by atoms with van der Waals surface area (Å²) >= 11 is 0. The van der Waals surface area contributed by atoms with E-state index in [2.05, 4.69) is 11.4 Å². The van der Waals surface area contributed by atoms with Crippen molar-refractivity contribution in [2.45, 2.75) is 26.0 Å². The molecule has 1 aromatic carbocycles. The summed E-state index contributed by atoms with van der Waals surface area (Å²) in [4.78, 5) is 0. The van der Waals surface area contributed by atoms with Crippen molar-refractivity contribution >= 4 is 0 Å². The molecule has 4 nitrogen and oxygen atoms in total. The standard InChI is InChI=1S/C14H21NO3/c1-11(16-2)9-15-10-12-5-3-6-13-14(12)18-8-4-7-17-13/h3,5-6,11,15H,4,7-10H2,1-2H3. The van der Waals surface area contributed by atoms with Gasteiger partial charge in [-0.2, -0.15) is 0 Å². The minimum absolute atomic E-state index is 0.212. The lowest BCUT2D eigenvalue weighted by molar-refractivity contribution is 0.117. The molecule has 1 unspecified atom stereocenters. The van der Waals surface area contributed by atoms with Gasteiger partial charge >= 0.3 is 0 Å². The van der Waals surface area contributed by atoms with E-state index in [0.717, 1.165) is 49.8 Å². The number of benzene rings is 1. The Kier molecular flexibility index (Phi) is 4.84. The van der Waals surface area contributed by atoms with Gasteiger partial charge in [-0.05, 0) is 13.0 Å². The van der Waals surface area contributed by atoms with Gasteiger partial charge in [-0.15, -0.1) is 0 Å². The molecule has 1 aliphatic heterocycles. The van der Waals surface area contributed by atoms with Gasteiger partial charge in [-0.1, -0.05) is 12.1 Å². The first-order chi connectivity index (χ1) is 8.81. The minimum Gasteiger partial charge on any atom is -0.490 e. The first-order valence-electron chi connectivity index (χ1n) is 6.42. The quantitative estimate of drug-likeness (QED) is 0.868. The highest BCUT2D eigenvalue weighted by Crippen LogP contribution is 2.33. The zero-order valence-electron chi connectivity index (χ0n) is 11.1. The van der Waals surface area contributed by atoms with E-state index in [1.165, 1.54) is 0 Å². The van der Waals surface area contributed by atoms with Crippen molar-refractivity contribution in [3.63, 3.8) is 0 Å². The Morgan fingerprint density at radius 3 is 3.00 bits per heavy atom. The van der Waals surface area contributed by atoms with E-state index in [1.54, 1.807) is 7.11 Å². The Morgan fingerprint density at radius 1 is 1.33 bits per heavy atom. The first-order valence-corrected chi connectivity index (χ1v) is 6.42. The molecular weight excluding hydrogens is 230 g/mol. The molecule has 1 aliphatic rings. The van der Waals surface area contributed by atoms with Crippen LogP contribution in [0.1, 0.15) is 18.9 Å². The average Bonchev–Trinajstić information content (AvgIpc) is 2.64. The van der Waals surface area contributed by atoms with Crippen LogP contribution in [0.5, 0.6) is 11.5 Å². The predicted octanol–water partition coefficient (Wildman–Crippen LogP) is 1.97. The summed E-state index contributed by atoms with van der Waals surface area (Å²) in [7, 11) is 1.72. The van der Waals surface area contributed by atoms with Crippen LogP contribution in [0.15, 0.2) is 18.2 Å². The Balaban J connectivity index is 1.99. The number of rotatable bonds is 5. The molecule has 0 saturated heterocycles. The third-order valence-corrected chi connectivity index (χ3v) is 3.00. The van der Waals surface area contributed by atoms with Crippen LogP contribution in [0.3, 0.4) is 0 Å². The summed E-state index contributed by atoms with van der Waals surface area (Å²) in [5.74, 6) is 1.74. The molecule has 0 spiro atoms. The molecule has 1 heterocycles. The summed E-state index contributed by atoms with van der Waals surface area (Å²) in [6.07, 6.45) is 1.15. The van der Waals surface area contributed by atoms with E-state index in [1.807, 2.05) is 19.1 Å². The van der Waals surface area contributed by atoms with E-state index in [9.17, 15) is 0 Å². The zero-order chi connectivity index (χ0) is 12.8. The molecule has 1 aromatic rings. The van der Waals surface area contributed by atoms with Gasteiger partial charge in [0.25, 0.3) is 0 Å². The van der Waals surface area contributed by atoms with Crippen LogP contribution in [0.2, 0.25) is 0 Å². The largest absolute Gasteiger partial charge is 0.490 e. The van der Waals surface area contributed by atoms with E-state index in [4.69, 9.17) is 14.2 Å². The second kappa shape index (κ2) is 6.61. The summed E-state index contributed by atoms with van der Waals surface area (Å²) in [6.45, 7) is 5.07. The molecule has 2 rings (SSSR count). The second-order valence-electron chi connectivity index (χ2n) is 4.47. The van der Waals surface area contributed by atoms with Gasteiger partial charge in [0, 0.05) is 32.2 Å². The predicted molar refractivity (Wildman–Crippen MR) is 70.2 cm³/mol. The highest BCUT2D eigenvalue weighted by molar-refractivity contribution is 5.47. The zero-order valence-corrected chi connectivity index (χ0v) is 11.1. The van der Waals surface area contributed by atoms with Gasteiger partial charge < -0.3 is 19.5 Å². The van der Waals surface area contributed by atoms with Crippen LogP contribution >= 0.6 is 0 Å². The maximum Gasteiger partial charge on any atom is 0.165 e. The lowest BCUT2D eigenvalue weighted by Crippen LogP contribution is -2.25. The van der Waals surface area contributed by atoms with Gasteiger partial charge in [0.1, 0.15) is 0 Å². The maximum atomic E-state index is 5.77. The van der Waals surface area contributed by atoms with Crippen molar-refractivity contribution in [3.05, 3.63) is 23.8 Å². The molecule has 0 radical (unpaired) electrons. The maximum absolute atomic E-state index is 5.77. The molecule has 4 heteroatoms. The minimum atomic E-state index is 0.212. The number of methoxy groups -OCH3 is 1. The molecule has 0 saturated carbocycles. The summed E-state index contributed by atoms with van der Waals surface area (Å²) < 4.78 is 16.6. The van der Waals surface area contributed by atoms with E-state index in [0.29, 0.717) is 0 Å². The molecule has 1 atom stereocenters. The van der Waals surface area contributed by atoms with Crippen molar-refractivity contribution in [2.75, 3.05) is 26.9 Å². The number of hydrogen-bond donors (Lipinski definition) is 1. The number of hydrogen-bond acceptors (Lipinski definition) is 4. The highest BCUT2D eigenvalue weighted by Gasteiger charge is 2.14. The monoisotopic (exact) mass is 251 g/mol. The smallest absolute Gasteiger partial charge is 0.165 e. The molecule has 0 aliphatic carbocycles. The van der Waals surface area contributed by atoms with E-state index in [-0.39, 0.29) is 6.10 Å². The van der Waals surface area contributed by atoms with E-state index < -0.39 is 0 Å². The van der Waals surface area contributed by atoms with Crippen LogP contribution in [-0.2, 0) is 11.3 Å². The second-order valence-corrected chi connectivity index (χ2v) is 4.47. The molecule has 1 N–H and O–H groups in total.